The van der Waals surface area contributed by atoms with Gasteiger partial charge in [0.25, 0.3) is 0 Å². The Hall–Kier alpha value is 0.637. The monoisotopic (exact) mass is 226 g/mol. The topological polar surface area (TPSA) is 94.1 Å². The van der Waals surface area contributed by atoms with Crippen LogP contribution in [0, 0.1) is 0 Å². The first kappa shape index (κ1) is 30.3. The van der Waals surface area contributed by atoms with Crippen molar-refractivity contribution in [3.8, 4) is 0 Å². The Kier molecular flexibility index (Phi) is 229. The number of hydrogen-bond acceptors (Lipinski definition) is 4. The molecule has 0 aromatic heterocycles. The summed E-state index contributed by atoms with van der Waals surface area (Å²) < 4.78 is 16.9. The van der Waals surface area contributed by atoms with E-state index in [4.69, 9.17) is 7.15 Å². The van der Waals surface area contributed by atoms with Crippen LogP contribution in [0.5, 0.6) is 0 Å². The molecule has 0 rings (SSSR count). The minimum atomic E-state index is -1.79. The molecule has 0 fully saturated rings. The average Bonchev–Trinajstić information content (AvgIpc) is 0.918. The van der Waals surface area contributed by atoms with Gasteiger partial charge in [0.1, 0.15) is 0 Å². The summed E-state index contributed by atoms with van der Waals surface area (Å²) in [4.78, 5) is 0. The molecule has 0 aliphatic rings. The van der Waals surface area contributed by atoms with Crippen molar-refractivity contribution < 1.29 is 51.6 Å². The molecule has 0 aromatic rings. The van der Waals surface area contributed by atoms with Crippen LogP contribution in [0.4, 0.5) is 0 Å². The van der Waals surface area contributed by atoms with Crippen LogP contribution in [-0.4, -0.2) is 11.0 Å². The molecule has 4 nitrogen and oxygen atoms in total. The van der Waals surface area contributed by atoms with Crippen molar-refractivity contribution in [2.75, 3.05) is 0 Å². The van der Waals surface area contributed by atoms with Gasteiger partial charge in [-0.2, -0.15) is 0 Å². The summed E-state index contributed by atoms with van der Waals surface area (Å²) in [6.07, 6.45) is 0. The van der Waals surface area contributed by atoms with Crippen LogP contribution in [0.15, 0.2) is 0 Å². The molecule has 0 atom stereocenters. The third-order valence-electron chi connectivity index (χ3n) is 0. The van der Waals surface area contributed by atoms with E-state index >= 15 is 0 Å². The van der Waals surface area contributed by atoms with Gasteiger partial charge in [0.15, 0.2) is 0 Å². The molecule has 0 saturated carbocycles. The Morgan fingerprint density at radius 3 is 1.00 bits per heavy atom. The Balaban J connectivity index is -0.00000000667. The Morgan fingerprint density at radius 1 is 1.00 bits per heavy atom. The van der Waals surface area contributed by atoms with Crippen molar-refractivity contribution in [1.29, 1.82) is 0 Å². The van der Waals surface area contributed by atoms with Gasteiger partial charge in [-0.15, -0.1) is 0 Å². The molecular formula is H2NiO4Ru. The number of hydrogen-bond donors (Lipinski definition) is 0. The fourth-order valence-electron chi connectivity index (χ4n) is 0. The fourth-order valence-corrected chi connectivity index (χ4v) is 0. The quantitative estimate of drug-likeness (QED) is 0.515. The molecular weight excluding hydrogens is 224 g/mol. The van der Waals surface area contributed by atoms with E-state index in [0.717, 1.165) is 0 Å². The molecule has 0 heterocycles. The van der Waals surface area contributed by atoms with Crippen LogP contribution in [0.25, 0.3) is 0 Å². The van der Waals surface area contributed by atoms with Gasteiger partial charge in [0.05, 0.1) is 0 Å². The maximum absolute atomic E-state index is 8.46. The molecule has 0 aliphatic heterocycles. The first-order valence-electron chi connectivity index (χ1n) is 0.289. The van der Waals surface area contributed by atoms with Gasteiger partial charge in [-0.3, -0.25) is 0 Å². The molecule has 2 N–H and O–H groups in total. The van der Waals surface area contributed by atoms with E-state index in [1.165, 1.54) is 0 Å². The second kappa shape index (κ2) is 45.2. The SMILES string of the molecule is [Ni+2].[OH-].[OH-].[O]=[Ru]=[O]. The van der Waals surface area contributed by atoms with Crippen molar-refractivity contribution in [2.24, 2.45) is 0 Å². The zero-order valence-electron chi connectivity index (χ0n) is 2.38. The summed E-state index contributed by atoms with van der Waals surface area (Å²) in [7, 11) is 0. The normalized spacial score (nSPS) is 2.67. The zero-order valence-corrected chi connectivity index (χ0v) is 5.11. The second-order valence-corrected chi connectivity index (χ2v) is 0.349. The molecule has 0 bridgehead atoms. The van der Waals surface area contributed by atoms with Crippen LogP contribution >= 0.6 is 0 Å². The molecule has 0 amide bonds. The molecule has 44 valence electrons. The summed E-state index contributed by atoms with van der Waals surface area (Å²) in [6, 6.07) is 0. The Bertz CT molecular complexity index is 28.5. The van der Waals surface area contributed by atoms with Gasteiger partial charge < -0.3 is 11.0 Å². The predicted molar refractivity (Wildman–Crippen MR) is 5.24 cm³/mol. The molecule has 0 aliphatic carbocycles. The molecule has 6 heavy (non-hydrogen) atoms. The zero-order chi connectivity index (χ0) is 2.71. The Labute approximate surface area is 52.0 Å². The van der Waals surface area contributed by atoms with Crippen molar-refractivity contribution in [1.82, 2.24) is 0 Å². The second-order valence-electron chi connectivity index (χ2n) is 0.0589. The predicted octanol–water partition coefficient (Wildman–Crippen LogP) is -0.596. The van der Waals surface area contributed by atoms with Gasteiger partial charge in [-0.05, 0) is 0 Å². The molecule has 0 spiro atoms. The van der Waals surface area contributed by atoms with Crippen molar-refractivity contribution in [2.45, 2.75) is 0 Å². The van der Waals surface area contributed by atoms with E-state index in [2.05, 4.69) is 0 Å². The average molecular weight is 226 g/mol. The van der Waals surface area contributed by atoms with E-state index in [1.54, 1.807) is 0 Å². The first-order chi connectivity index (χ1) is 1.41. The van der Waals surface area contributed by atoms with Crippen molar-refractivity contribution >= 4 is 0 Å². The maximum atomic E-state index is 8.46. The summed E-state index contributed by atoms with van der Waals surface area (Å²) >= 11 is -1.79. The molecule has 6 heteroatoms. The van der Waals surface area contributed by atoms with Crippen LogP contribution in [-0.2, 0) is 40.7 Å². The van der Waals surface area contributed by atoms with Crippen LogP contribution in [0.3, 0.4) is 0 Å². The van der Waals surface area contributed by atoms with Gasteiger partial charge >= 0.3 is 40.7 Å². The summed E-state index contributed by atoms with van der Waals surface area (Å²) in [5.74, 6) is 0. The van der Waals surface area contributed by atoms with E-state index in [-0.39, 0.29) is 27.4 Å². The van der Waals surface area contributed by atoms with E-state index in [9.17, 15) is 0 Å². The first-order valence-corrected chi connectivity index (χ1v) is 1.71. The van der Waals surface area contributed by atoms with Crippen molar-refractivity contribution in [3.05, 3.63) is 0 Å². The van der Waals surface area contributed by atoms with Crippen LogP contribution in [0.1, 0.15) is 0 Å². The third kappa shape index (κ3) is 151. The molecule has 0 radical (unpaired) electrons. The minimum absolute atomic E-state index is 0. The molecule has 0 unspecified atom stereocenters. The van der Waals surface area contributed by atoms with Crippen molar-refractivity contribution in [3.63, 3.8) is 0 Å². The van der Waals surface area contributed by atoms with Gasteiger partial charge in [0, 0.05) is 0 Å². The third-order valence-corrected chi connectivity index (χ3v) is 0. The van der Waals surface area contributed by atoms with Gasteiger partial charge in [-0.1, -0.05) is 0 Å². The Morgan fingerprint density at radius 2 is 1.00 bits per heavy atom. The van der Waals surface area contributed by atoms with Crippen LogP contribution < -0.4 is 0 Å². The number of rotatable bonds is 0. The van der Waals surface area contributed by atoms with E-state index < -0.39 is 17.0 Å². The van der Waals surface area contributed by atoms with Gasteiger partial charge in [0.2, 0.25) is 0 Å². The van der Waals surface area contributed by atoms with E-state index in [0.29, 0.717) is 0 Å². The summed E-state index contributed by atoms with van der Waals surface area (Å²) in [5.41, 5.74) is 0. The van der Waals surface area contributed by atoms with Crippen LogP contribution in [0.2, 0.25) is 0 Å². The summed E-state index contributed by atoms with van der Waals surface area (Å²) in [6.45, 7) is 0. The standard InChI is InChI=1S/Ni.2H2O.2O.Ru/h;2*1H2;;;/q+2;;;;;/p-2. The van der Waals surface area contributed by atoms with E-state index in [1.807, 2.05) is 0 Å². The molecule has 0 saturated heterocycles. The molecule has 0 aromatic carbocycles. The fraction of sp³-hybridized carbons (Fsp3) is 0. The van der Waals surface area contributed by atoms with Gasteiger partial charge in [-0.25, -0.2) is 0 Å². The summed E-state index contributed by atoms with van der Waals surface area (Å²) in [5, 5.41) is 0.